The van der Waals surface area contributed by atoms with E-state index >= 15 is 0 Å². The van der Waals surface area contributed by atoms with Gasteiger partial charge in [0.15, 0.2) is 0 Å². The van der Waals surface area contributed by atoms with E-state index in [4.69, 9.17) is 4.74 Å². The third-order valence-electron chi connectivity index (χ3n) is 3.62. The van der Waals surface area contributed by atoms with Crippen LogP contribution in [-0.4, -0.2) is 45.5 Å². The van der Waals surface area contributed by atoms with Crippen molar-refractivity contribution in [2.45, 2.75) is 24.9 Å². The number of nitrogens with zero attached hydrogens (tertiary/aromatic N) is 4. The van der Waals surface area contributed by atoms with Crippen LogP contribution in [0.4, 0.5) is 0 Å². The van der Waals surface area contributed by atoms with Gasteiger partial charge in [0.25, 0.3) is 0 Å². The molecule has 0 atom stereocenters. The Kier molecular flexibility index (Phi) is 4.80. The van der Waals surface area contributed by atoms with Crippen LogP contribution >= 0.6 is 11.8 Å². The number of nitrogens with one attached hydrogen (secondary N) is 1. The second-order valence-corrected chi connectivity index (χ2v) is 6.53. The molecule has 1 aliphatic carbocycles. The molecule has 122 valence electrons. The van der Waals surface area contributed by atoms with Crippen molar-refractivity contribution in [1.82, 2.24) is 25.5 Å². The molecule has 1 N–H and O–H groups in total. The van der Waals surface area contributed by atoms with Crippen LogP contribution in [0.2, 0.25) is 0 Å². The minimum absolute atomic E-state index is 0.00709. The zero-order chi connectivity index (χ0) is 16.2. The average Bonchev–Trinajstić information content (AvgIpc) is 3.27. The van der Waals surface area contributed by atoms with E-state index in [9.17, 15) is 4.79 Å². The van der Waals surface area contributed by atoms with Gasteiger partial charge in [-0.3, -0.25) is 4.79 Å². The largest absolute Gasteiger partial charge is 0.494 e. The van der Waals surface area contributed by atoms with Gasteiger partial charge in [0.05, 0.1) is 12.9 Å². The lowest BCUT2D eigenvalue weighted by Gasteiger charge is -2.10. The molecular formula is C15H19N5O2S. The van der Waals surface area contributed by atoms with E-state index in [-0.39, 0.29) is 5.91 Å². The average molecular weight is 333 g/mol. The predicted octanol–water partition coefficient (Wildman–Crippen LogP) is 1.60. The summed E-state index contributed by atoms with van der Waals surface area (Å²) in [5.74, 6) is 1.66. The highest BCUT2D eigenvalue weighted by molar-refractivity contribution is 7.99. The van der Waals surface area contributed by atoms with Gasteiger partial charge in [-0.05, 0) is 53.8 Å². The van der Waals surface area contributed by atoms with E-state index in [2.05, 4.69) is 20.8 Å². The first kappa shape index (κ1) is 15.8. The van der Waals surface area contributed by atoms with Crippen LogP contribution in [0.5, 0.6) is 5.75 Å². The highest BCUT2D eigenvalue weighted by Crippen LogP contribution is 2.28. The van der Waals surface area contributed by atoms with Gasteiger partial charge in [-0.2, -0.15) is 4.68 Å². The fourth-order valence-electron chi connectivity index (χ4n) is 2.15. The molecule has 0 saturated heterocycles. The first-order chi connectivity index (χ1) is 11.2. The molecule has 1 aromatic carbocycles. The Labute approximate surface area is 138 Å². The van der Waals surface area contributed by atoms with Gasteiger partial charge in [0.2, 0.25) is 11.1 Å². The lowest BCUT2D eigenvalue weighted by Crippen LogP contribution is -2.27. The molecule has 1 fully saturated rings. The summed E-state index contributed by atoms with van der Waals surface area (Å²) < 4.78 is 6.97. The number of amides is 1. The van der Waals surface area contributed by atoms with Gasteiger partial charge in [0, 0.05) is 6.54 Å². The molecule has 0 bridgehead atoms. The van der Waals surface area contributed by atoms with Crippen molar-refractivity contribution in [1.29, 1.82) is 0 Å². The second kappa shape index (κ2) is 6.99. The minimum atomic E-state index is 0.00709. The number of benzene rings is 1. The maximum atomic E-state index is 11.9. The summed E-state index contributed by atoms with van der Waals surface area (Å²) in [6.07, 6.45) is 2.44. The van der Waals surface area contributed by atoms with E-state index in [0.29, 0.717) is 22.6 Å². The normalized spacial score (nSPS) is 13.8. The molecule has 1 aliphatic rings. The van der Waals surface area contributed by atoms with Crippen LogP contribution in [0.3, 0.4) is 0 Å². The summed E-state index contributed by atoms with van der Waals surface area (Å²) in [4.78, 5) is 11.9. The number of hydrogen-bond donors (Lipinski definition) is 1. The number of carbonyl (C=O) groups excluding carboxylic acids is 1. The first-order valence-electron chi connectivity index (χ1n) is 7.50. The van der Waals surface area contributed by atoms with E-state index in [1.165, 1.54) is 24.6 Å². The SMILES string of the molecule is COc1ccc(C)cc1-n1nnnc1SCC(=O)NCC1CC1. The van der Waals surface area contributed by atoms with Crippen LogP contribution in [0.1, 0.15) is 18.4 Å². The van der Waals surface area contributed by atoms with E-state index in [0.717, 1.165) is 17.8 Å². The standard InChI is InChI=1S/C15H19N5O2S/c1-10-3-6-13(22-2)12(7-10)20-15(17-18-19-20)23-9-14(21)16-8-11-4-5-11/h3,6-7,11H,4-5,8-9H2,1-2H3,(H,16,21). The van der Waals surface area contributed by atoms with E-state index < -0.39 is 0 Å². The Morgan fingerprint density at radius 3 is 3.04 bits per heavy atom. The van der Waals surface area contributed by atoms with Crippen LogP contribution < -0.4 is 10.1 Å². The highest BCUT2D eigenvalue weighted by atomic mass is 32.2. The van der Waals surface area contributed by atoms with Crippen molar-refractivity contribution in [3.05, 3.63) is 23.8 Å². The summed E-state index contributed by atoms with van der Waals surface area (Å²) in [6, 6.07) is 5.79. The van der Waals surface area contributed by atoms with Gasteiger partial charge < -0.3 is 10.1 Å². The summed E-state index contributed by atoms with van der Waals surface area (Å²) in [6.45, 7) is 2.77. The lowest BCUT2D eigenvalue weighted by atomic mass is 10.2. The number of hydrogen-bond acceptors (Lipinski definition) is 6. The van der Waals surface area contributed by atoms with Crippen molar-refractivity contribution >= 4 is 17.7 Å². The molecule has 2 aromatic rings. The predicted molar refractivity (Wildman–Crippen MR) is 86.9 cm³/mol. The van der Waals surface area contributed by atoms with Gasteiger partial charge in [-0.1, -0.05) is 17.8 Å². The second-order valence-electron chi connectivity index (χ2n) is 5.58. The number of methoxy groups -OCH3 is 1. The smallest absolute Gasteiger partial charge is 0.230 e. The Balaban J connectivity index is 1.69. The molecule has 0 aliphatic heterocycles. The molecule has 8 heteroatoms. The van der Waals surface area contributed by atoms with Crippen molar-refractivity contribution < 1.29 is 9.53 Å². The summed E-state index contributed by atoms with van der Waals surface area (Å²) in [7, 11) is 1.61. The Morgan fingerprint density at radius 1 is 1.48 bits per heavy atom. The van der Waals surface area contributed by atoms with Crippen molar-refractivity contribution in [2.24, 2.45) is 5.92 Å². The lowest BCUT2D eigenvalue weighted by molar-refractivity contribution is -0.118. The van der Waals surface area contributed by atoms with Gasteiger partial charge in [0.1, 0.15) is 11.4 Å². The Morgan fingerprint density at radius 2 is 2.30 bits per heavy atom. The molecular weight excluding hydrogens is 314 g/mol. The Bertz CT molecular complexity index is 699. The molecule has 3 rings (SSSR count). The molecule has 1 heterocycles. The zero-order valence-electron chi connectivity index (χ0n) is 13.2. The summed E-state index contributed by atoms with van der Waals surface area (Å²) in [5.41, 5.74) is 1.84. The quantitative estimate of drug-likeness (QED) is 0.775. The number of ether oxygens (including phenoxy) is 1. The van der Waals surface area contributed by atoms with Crippen molar-refractivity contribution in [3.63, 3.8) is 0 Å². The van der Waals surface area contributed by atoms with Gasteiger partial charge in [-0.15, -0.1) is 5.10 Å². The monoisotopic (exact) mass is 333 g/mol. The maximum Gasteiger partial charge on any atom is 0.230 e. The molecule has 0 radical (unpaired) electrons. The summed E-state index contributed by atoms with van der Waals surface area (Å²) >= 11 is 1.31. The number of carbonyl (C=O) groups is 1. The maximum absolute atomic E-state index is 11.9. The molecule has 0 spiro atoms. The first-order valence-corrected chi connectivity index (χ1v) is 8.49. The van der Waals surface area contributed by atoms with Crippen molar-refractivity contribution in [3.8, 4) is 11.4 Å². The molecule has 23 heavy (non-hydrogen) atoms. The molecule has 1 amide bonds. The fraction of sp³-hybridized carbons (Fsp3) is 0.467. The fourth-order valence-corrected chi connectivity index (χ4v) is 2.86. The van der Waals surface area contributed by atoms with Crippen LogP contribution in [0.25, 0.3) is 5.69 Å². The molecule has 1 aromatic heterocycles. The number of rotatable bonds is 7. The molecule has 0 unspecified atom stereocenters. The molecule has 7 nitrogen and oxygen atoms in total. The number of thioether (sulfide) groups is 1. The van der Waals surface area contributed by atoms with E-state index in [1.807, 2.05) is 25.1 Å². The zero-order valence-corrected chi connectivity index (χ0v) is 14.0. The van der Waals surface area contributed by atoms with Gasteiger partial charge >= 0.3 is 0 Å². The number of aryl methyl sites for hydroxylation is 1. The topological polar surface area (TPSA) is 81.9 Å². The summed E-state index contributed by atoms with van der Waals surface area (Å²) in [5, 5.41) is 15.2. The third-order valence-corrected chi connectivity index (χ3v) is 4.54. The molecule has 1 saturated carbocycles. The van der Waals surface area contributed by atoms with Gasteiger partial charge in [-0.25, -0.2) is 0 Å². The number of aromatic nitrogens is 4. The van der Waals surface area contributed by atoms with Crippen LogP contribution in [0, 0.1) is 12.8 Å². The van der Waals surface area contributed by atoms with Crippen LogP contribution in [0.15, 0.2) is 23.4 Å². The van der Waals surface area contributed by atoms with Crippen LogP contribution in [-0.2, 0) is 4.79 Å². The minimum Gasteiger partial charge on any atom is -0.494 e. The Hall–Kier alpha value is -2.09. The van der Waals surface area contributed by atoms with Crippen molar-refractivity contribution in [2.75, 3.05) is 19.4 Å². The third kappa shape index (κ3) is 4.01. The highest BCUT2D eigenvalue weighted by Gasteiger charge is 2.22. The van der Waals surface area contributed by atoms with E-state index in [1.54, 1.807) is 11.8 Å². The number of tetrazole rings is 1.